The van der Waals surface area contributed by atoms with Crippen LogP contribution in [0.4, 0.5) is 0 Å². The van der Waals surface area contributed by atoms with Crippen LogP contribution in [0.3, 0.4) is 0 Å². The van der Waals surface area contributed by atoms with E-state index in [-0.39, 0.29) is 0 Å². The minimum absolute atomic E-state index is 0.801. The second-order valence-electron chi connectivity index (χ2n) is 4.95. The molecule has 1 aliphatic rings. The van der Waals surface area contributed by atoms with Crippen LogP contribution in [0.2, 0.25) is 0 Å². The Balaban J connectivity index is 1.55. The number of hydrogen-bond acceptors (Lipinski definition) is 2. The second-order valence-corrected chi connectivity index (χ2v) is 7.03. The van der Waals surface area contributed by atoms with E-state index in [4.69, 9.17) is 0 Å². The summed E-state index contributed by atoms with van der Waals surface area (Å²) in [6, 6.07) is 9.36. The second kappa shape index (κ2) is 8.23. The number of nitrogens with one attached hydrogen (secondary N) is 1. The molecule has 0 heterocycles. The van der Waals surface area contributed by atoms with Crippen LogP contribution >= 0.6 is 27.7 Å². The van der Waals surface area contributed by atoms with E-state index < -0.39 is 0 Å². The van der Waals surface area contributed by atoms with Crippen molar-refractivity contribution in [3.8, 4) is 0 Å². The van der Waals surface area contributed by atoms with E-state index in [1.807, 2.05) is 11.8 Å². The van der Waals surface area contributed by atoms with Gasteiger partial charge in [-0.05, 0) is 49.8 Å². The standard InChI is InChI=1S/C15H22BrNS/c16-13-6-4-9-15(12-13)18-11-5-10-17-14-7-2-1-3-8-14/h4,6,9,12,14,17H,1-3,5,7-8,10-11H2. The van der Waals surface area contributed by atoms with Crippen LogP contribution in [0.1, 0.15) is 38.5 Å². The Morgan fingerprint density at radius 2 is 2.06 bits per heavy atom. The monoisotopic (exact) mass is 327 g/mol. The van der Waals surface area contributed by atoms with Crippen molar-refractivity contribution in [3.63, 3.8) is 0 Å². The summed E-state index contributed by atoms with van der Waals surface area (Å²) in [6.07, 6.45) is 8.32. The van der Waals surface area contributed by atoms with Crippen LogP contribution in [0.15, 0.2) is 33.6 Å². The smallest absolute Gasteiger partial charge is 0.0186 e. The highest BCUT2D eigenvalue weighted by Gasteiger charge is 2.11. The van der Waals surface area contributed by atoms with Gasteiger partial charge in [0.25, 0.3) is 0 Å². The summed E-state index contributed by atoms with van der Waals surface area (Å²) < 4.78 is 1.17. The summed E-state index contributed by atoms with van der Waals surface area (Å²) in [5, 5.41) is 3.70. The molecule has 1 saturated carbocycles. The number of benzene rings is 1. The molecule has 0 radical (unpaired) electrons. The average molecular weight is 328 g/mol. The lowest BCUT2D eigenvalue weighted by Gasteiger charge is -2.22. The molecule has 0 unspecified atom stereocenters. The maximum Gasteiger partial charge on any atom is 0.0186 e. The van der Waals surface area contributed by atoms with Gasteiger partial charge in [-0.2, -0.15) is 0 Å². The van der Waals surface area contributed by atoms with Gasteiger partial charge in [0.15, 0.2) is 0 Å². The molecule has 1 aliphatic carbocycles. The predicted octanol–water partition coefficient (Wildman–Crippen LogP) is 4.85. The minimum Gasteiger partial charge on any atom is -0.314 e. The first kappa shape index (κ1) is 14.4. The van der Waals surface area contributed by atoms with Crippen LogP contribution < -0.4 is 5.32 Å². The van der Waals surface area contributed by atoms with Crippen molar-refractivity contribution in [2.24, 2.45) is 0 Å². The number of rotatable bonds is 6. The Labute approximate surface area is 123 Å². The van der Waals surface area contributed by atoms with Crippen LogP contribution in [0.5, 0.6) is 0 Å². The fourth-order valence-electron chi connectivity index (χ4n) is 2.43. The zero-order valence-electron chi connectivity index (χ0n) is 10.8. The molecule has 0 saturated heterocycles. The Morgan fingerprint density at radius 1 is 1.22 bits per heavy atom. The molecule has 0 aliphatic heterocycles. The van der Waals surface area contributed by atoms with E-state index in [1.54, 1.807) is 0 Å². The fraction of sp³-hybridized carbons (Fsp3) is 0.600. The van der Waals surface area contributed by atoms with Gasteiger partial charge in [-0.1, -0.05) is 41.3 Å². The van der Waals surface area contributed by atoms with E-state index in [0.717, 1.165) is 6.04 Å². The fourth-order valence-corrected chi connectivity index (χ4v) is 3.89. The van der Waals surface area contributed by atoms with Gasteiger partial charge >= 0.3 is 0 Å². The molecular formula is C15H22BrNS. The summed E-state index contributed by atoms with van der Waals surface area (Å²) in [5.41, 5.74) is 0. The van der Waals surface area contributed by atoms with Crippen molar-refractivity contribution in [2.75, 3.05) is 12.3 Å². The molecule has 2 rings (SSSR count). The quantitative estimate of drug-likeness (QED) is 0.591. The van der Waals surface area contributed by atoms with E-state index in [1.165, 1.54) is 60.2 Å². The number of halogens is 1. The molecule has 100 valence electrons. The first-order chi connectivity index (χ1) is 8.84. The highest BCUT2D eigenvalue weighted by Crippen LogP contribution is 2.22. The summed E-state index contributed by atoms with van der Waals surface area (Å²) in [6.45, 7) is 1.17. The molecule has 3 heteroatoms. The predicted molar refractivity (Wildman–Crippen MR) is 84.4 cm³/mol. The average Bonchev–Trinajstić information content (AvgIpc) is 2.40. The SMILES string of the molecule is Brc1cccc(SCCCNC2CCCCC2)c1. The zero-order chi connectivity index (χ0) is 12.6. The molecule has 1 N–H and O–H groups in total. The van der Waals surface area contributed by atoms with Gasteiger partial charge < -0.3 is 5.32 Å². The van der Waals surface area contributed by atoms with Crippen LogP contribution in [0, 0.1) is 0 Å². The van der Waals surface area contributed by atoms with Crippen molar-refractivity contribution in [1.82, 2.24) is 5.32 Å². The molecular weight excluding hydrogens is 306 g/mol. The molecule has 18 heavy (non-hydrogen) atoms. The molecule has 1 fully saturated rings. The van der Waals surface area contributed by atoms with E-state index in [2.05, 4.69) is 45.5 Å². The molecule has 0 aromatic heterocycles. The Kier molecular flexibility index (Phi) is 6.60. The summed E-state index contributed by atoms with van der Waals surface area (Å²) in [7, 11) is 0. The van der Waals surface area contributed by atoms with Gasteiger partial charge in [0.1, 0.15) is 0 Å². The molecule has 0 bridgehead atoms. The third-order valence-corrected chi connectivity index (χ3v) is 5.00. The highest BCUT2D eigenvalue weighted by molar-refractivity contribution is 9.10. The van der Waals surface area contributed by atoms with Gasteiger partial charge in [0.2, 0.25) is 0 Å². The third-order valence-electron chi connectivity index (χ3n) is 3.42. The van der Waals surface area contributed by atoms with E-state index in [9.17, 15) is 0 Å². The van der Waals surface area contributed by atoms with Gasteiger partial charge in [-0.3, -0.25) is 0 Å². The zero-order valence-corrected chi connectivity index (χ0v) is 13.2. The molecule has 0 spiro atoms. The number of thioether (sulfide) groups is 1. The van der Waals surface area contributed by atoms with Gasteiger partial charge in [-0.25, -0.2) is 0 Å². The lowest BCUT2D eigenvalue weighted by molar-refractivity contribution is 0.375. The summed E-state index contributed by atoms with van der Waals surface area (Å²) in [5.74, 6) is 1.20. The Hall–Kier alpha value is 0.01000. The third kappa shape index (κ3) is 5.33. The van der Waals surface area contributed by atoms with Crippen molar-refractivity contribution in [2.45, 2.75) is 49.5 Å². The largest absolute Gasteiger partial charge is 0.314 e. The normalized spacial score (nSPS) is 16.9. The molecule has 0 atom stereocenters. The molecule has 1 aromatic carbocycles. The molecule has 1 nitrogen and oxygen atoms in total. The summed E-state index contributed by atoms with van der Waals surface area (Å²) >= 11 is 5.46. The van der Waals surface area contributed by atoms with Gasteiger partial charge in [0.05, 0.1) is 0 Å². The van der Waals surface area contributed by atoms with Crippen molar-refractivity contribution in [3.05, 3.63) is 28.7 Å². The van der Waals surface area contributed by atoms with E-state index in [0.29, 0.717) is 0 Å². The van der Waals surface area contributed by atoms with Crippen LogP contribution in [-0.4, -0.2) is 18.3 Å². The maximum absolute atomic E-state index is 3.70. The first-order valence-electron chi connectivity index (χ1n) is 6.96. The Morgan fingerprint density at radius 3 is 2.83 bits per heavy atom. The first-order valence-corrected chi connectivity index (χ1v) is 8.74. The maximum atomic E-state index is 3.70. The van der Waals surface area contributed by atoms with Crippen LogP contribution in [0.25, 0.3) is 0 Å². The van der Waals surface area contributed by atoms with Crippen LogP contribution in [-0.2, 0) is 0 Å². The molecule has 1 aromatic rings. The lowest BCUT2D eigenvalue weighted by atomic mass is 9.95. The van der Waals surface area contributed by atoms with Crippen molar-refractivity contribution >= 4 is 27.7 Å². The highest BCUT2D eigenvalue weighted by atomic mass is 79.9. The minimum atomic E-state index is 0.801. The molecule has 0 amide bonds. The van der Waals surface area contributed by atoms with Gasteiger partial charge in [0, 0.05) is 15.4 Å². The van der Waals surface area contributed by atoms with Gasteiger partial charge in [-0.15, -0.1) is 11.8 Å². The van der Waals surface area contributed by atoms with Crippen molar-refractivity contribution in [1.29, 1.82) is 0 Å². The Bertz CT molecular complexity index is 350. The lowest BCUT2D eigenvalue weighted by Crippen LogP contribution is -2.31. The summed E-state index contributed by atoms with van der Waals surface area (Å²) in [4.78, 5) is 1.36. The van der Waals surface area contributed by atoms with Crippen molar-refractivity contribution < 1.29 is 0 Å². The number of hydrogen-bond donors (Lipinski definition) is 1. The topological polar surface area (TPSA) is 12.0 Å². The van der Waals surface area contributed by atoms with E-state index >= 15 is 0 Å².